The average Bonchev–Trinajstić information content (AvgIpc) is 3.53. The highest BCUT2D eigenvalue weighted by molar-refractivity contribution is 6.02. The van der Waals surface area contributed by atoms with Crippen molar-refractivity contribution in [1.29, 1.82) is 0 Å². The van der Waals surface area contributed by atoms with Crippen LogP contribution in [0.1, 0.15) is 39.7 Å². The van der Waals surface area contributed by atoms with Crippen LogP contribution in [0.25, 0.3) is 21.5 Å². The average molecular weight is 373 g/mol. The van der Waals surface area contributed by atoms with Crippen LogP contribution in [-0.4, -0.2) is 5.97 Å². The summed E-state index contributed by atoms with van der Waals surface area (Å²) in [7, 11) is 0. The summed E-state index contributed by atoms with van der Waals surface area (Å²) in [6, 6.07) is 19.0. The van der Waals surface area contributed by atoms with Gasteiger partial charge < -0.3 is 4.74 Å². The van der Waals surface area contributed by atoms with E-state index in [-0.39, 0.29) is 11.4 Å². The smallest absolute Gasteiger partial charge is 0.313 e. The van der Waals surface area contributed by atoms with E-state index in [1.807, 2.05) is 0 Å². The fraction of sp³-hybridized carbons (Fsp3) is 0.423. The van der Waals surface area contributed by atoms with Crippen LogP contribution < -0.4 is 0 Å². The second-order valence-corrected chi connectivity index (χ2v) is 9.79. The van der Waals surface area contributed by atoms with Gasteiger partial charge in [0.1, 0.15) is 6.61 Å². The molecule has 2 nitrogen and oxygen atoms in total. The molecular weight excluding hydrogens is 344 g/mol. The summed E-state index contributed by atoms with van der Waals surface area (Å²) in [4.78, 5) is 13.2. The molecule has 3 aromatic carbocycles. The molecule has 0 radical (unpaired) electrons. The highest BCUT2D eigenvalue weighted by Gasteiger charge is 2.91. The van der Waals surface area contributed by atoms with Crippen LogP contribution in [-0.2, 0) is 16.1 Å². The number of ether oxygens (including phenoxy) is 1. The van der Waals surface area contributed by atoms with Gasteiger partial charge in [0.25, 0.3) is 0 Å². The molecule has 2 unspecified atom stereocenters. The van der Waals surface area contributed by atoms with E-state index in [9.17, 15) is 4.79 Å². The SMILES string of the molecule is CC(C)CC1(C(=O)OCc2c3ccccc3cc3ccccc23)C2C1C2(C)C. The first kappa shape index (κ1) is 17.7. The third-order valence-electron chi connectivity index (χ3n) is 7.18. The number of benzene rings is 3. The molecule has 0 N–H and O–H groups in total. The van der Waals surface area contributed by atoms with Crippen LogP contribution in [0.4, 0.5) is 0 Å². The van der Waals surface area contributed by atoms with E-state index in [1.54, 1.807) is 0 Å². The molecule has 28 heavy (non-hydrogen) atoms. The number of esters is 1. The summed E-state index contributed by atoms with van der Waals surface area (Å²) in [6.45, 7) is 9.33. The van der Waals surface area contributed by atoms with Crippen molar-refractivity contribution in [3.63, 3.8) is 0 Å². The molecule has 2 atom stereocenters. The van der Waals surface area contributed by atoms with Gasteiger partial charge in [-0.05, 0) is 57.2 Å². The van der Waals surface area contributed by atoms with Gasteiger partial charge in [0, 0.05) is 5.56 Å². The van der Waals surface area contributed by atoms with Crippen LogP contribution in [0.5, 0.6) is 0 Å². The summed E-state index contributed by atoms with van der Waals surface area (Å²) in [5.74, 6) is 1.56. The van der Waals surface area contributed by atoms with Crippen molar-refractivity contribution in [2.24, 2.45) is 28.6 Å². The second-order valence-electron chi connectivity index (χ2n) is 9.79. The van der Waals surface area contributed by atoms with Gasteiger partial charge >= 0.3 is 5.97 Å². The molecule has 2 fully saturated rings. The first-order chi connectivity index (χ1) is 13.4. The van der Waals surface area contributed by atoms with E-state index in [0.29, 0.717) is 29.8 Å². The highest BCUT2D eigenvalue weighted by atomic mass is 16.5. The molecule has 2 saturated carbocycles. The molecule has 2 heteroatoms. The lowest BCUT2D eigenvalue weighted by molar-refractivity contribution is -0.157. The molecule has 0 aromatic heterocycles. The van der Waals surface area contributed by atoms with Gasteiger partial charge in [0.2, 0.25) is 0 Å². The van der Waals surface area contributed by atoms with Gasteiger partial charge in [-0.25, -0.2) is 0 Å². The Bertz CT molecular complexity index is 1030. The van der Waals surface area contributed by atoms with E-state index in [2.05, 4.69) is 82.3 Å². The fourth-order valence-electron chi connectivity index (χ4n) is 6.11. The summed E-state index contributed by atoms with van der Waals surface area (Å²) in [5.41, 5.74) is 1.22. The highest BCUT2D eigenvalue weighted by Crippen LogP contribution is 2.90. The molecule has 0 heterocycles. The van der Waals surface area contributed by atoms with E-state index in [1.165, 1.54) is 21.5 Å². The minimum Gasteiger partial charge on any atom is -0.460 e. The van der Waals surface area contributed by atoms with Gasteiger partial charge in [0.05, 0.1) is 5.41 Å². The topological polar surface area (TPSA) is 26.3 Å². The van der Waals surface area contributed by atoms with Crippen molar-refractivity contribution < 1.29 is 9.53 Å². The lowest BCUT2D eigenvalue weighted by Gasteiger charge is -2.30. The Hall–Kier alpha value is -2.35. The van der Waals surface area contributed by atoms with Crippen LogP contribution in [0.2, 0.25) is 0 Å². The van der Waals surface area contributed by atoms with Gasteiger partial charge in [0.15, 0.2) is 0 Å². The van der Waals surface area contributed by atoms with Crippen molar-refractivity contribution in [3.05, 3.63) is 60.2 Å². The third-order valence-corrected chi connectivity index (χ3v) is 7.18. The first-order valence-electron chi connectivity index (χ1n) is 10.4. The molecule has 2 aliphatic rings. The van der Waals surface area contributed by atoms with Gasteiger partial charge in [-0.2, -0.15) is 0 Å². The van der Waals surface area contributed by atoms with Crippen LogP contribution in [0.15, 0.2) is 54.6 Å². The number of carbonyl (C=O) groups is 1. The van der Waals surface area contributed by atoms with Crippen molar-refractivity contribution in [3.8, 4) is 0 Å². The quantitative estimate of drug-likeness (QED) is 0.385. The molecule has 0 bridgehead atoms. The zero-order chi connectivity index (χ0) is 19.7. The van der Waals surface area contributed by atoms with E-state index < -0.39 is 0 Å². The molecule has 0 aliphatic heterocycles. The Balaban J connectivity index is 1.47. The maximum atomic E-state index is 13.2. The fourth-order valence-corrected chi connectivity index (χ4v) is 6.11. The minimum atomic E-state index is -0.224. The number of rotatable bonds is 5. The van der Waals surface area contributed by atoms with Crippen molar-refractivity contribution >= 4 is 27.5 Å². The van der Waals surface area contributed by atoms with E-state index in [0.717, 1.165) is 12.0 Å². The van der Waals surface area contributed by atoms with E-state index >= 15 is 0 Å². The third kappa shape index (κ3) is 2.36. The monoisotopic (exact) mass is 372 g/mol. The Morgan fingerprint density at radius 2 is 1.50 bits per heavy atom. The summed E-state index contributed by atoms with van der Waals surface area (Å²) in [5, 5.41) is 4.74. The lowest BCUT2D eigenvalue weighted by atomic mass is 9.75. The number of carbonyl (C=O) groups excluding carboxylic acids is 1. The minimum absolute atomic E-state index is 0.0209. The van der Waals surface area contributed by atoms with Crippen LogP contribution in [0.3, 0.4) is 0 Å². The molecule has 0 spiro atoms. The predicted molar refractivity (Wildman–Crippen MR) is 114 cm³/mol. The summed E-state index contributed by atoms with van der Waals surface area (Å²) in [6.07, 6.45) is 0.945. The predicted octanol–water partition coefficient (Wildman–Crippen LogP) is 6.35. The lowest BCUT2D eigenvalue weighted by Crippen LogP contribution is -2.34. The Labute approximate surface area is 166 Å². The maximum absolute atomic E-state index is 13.2. The van der Waals surface area contributed by atoms with Gasteiger partial charge in [-0.15, -0.1) is 0 Å². The summed E-state index contributed by atoms with van der Waals surface area (Å²) >= 11 is 0. The zero-order valence-electron chi connectivity index (χ0n) is 17.2. The molecular formula is C26H28O2. The molecule has 3 aromatic rings. The standard InChI is InChI=1S/C26H28O2/c1-16(2)14-26(22-23(26)25(22,3)4)24(27)28-15-21-19-11-7-5-9-17(19)13-18-10-6-8-12-20(18)21/h5-13,16,22-23H,14-15H2,1-4H3. The first-order valence-corrected chi connectivity index (χ1v) is 10.4. The normalized spacial score (nSPS) is 27.0. The van der Waals surface area contributed by atoms with Crippen LogP contribution >= 0.6 is 0 Å². The van der Waals surface area contributed by atoms with Crippen LogP contribution in [0, 0.1) is 28.6 Å². The Kier molecular flexibility index (Phi) is 3.69. The zero-order valence-corrected chi connectivity index (χ0v) is 17.2. The van der Waals surface area contributed by atoms with E-state index in [4.69, 9.17) is 4.74 Å². The van der Waals surface area contributed by atoms with Gasteiger partial charge in [-0.3, -0.25) is 4.79 Å². The van der Waals surface area contributed by atoms with Gasteiger partial charge in [-0.1, -0.05) is 76.2 Å². The molecule has 5 rings (SSSR count). The van der Waals surface area contributed by atoms with Crippen molar-refractivity contribution in [1.82, 2.24) is 0 Å². The molecule has 0 amide bonds. The summed E-state index contributed by atoms with van der Waals surface area (Å²) < 4.78 is 6.03. The molecule has 144 valence electrons. The van der Waals surface area contributed by atoms with Crippen molar-refractivity contribution in [2.45, 2.75) is 40.7 Å². The number of hydrogen-bond acceptors (Lipinski definition) is 2. The maximum Gasteiger partial charge on any atom is 0.313 e. The number of fused-ring (bicyclic) bond motifs is 3. The molecule has 2 aliphatic carbocycles. The number of hydrogen-bond donors (Lipinski definition) is 0. The Morgan fingerprint density at radius 3 is 2.00 bits per heavy atom. The largest absolute Gasteiger partial charge is 0.460 e. The second kappa shape index (κ2) is 5.83. The van der Waals surface area contributed by atoms with Crippen molar-refractivity contribution in [2.75, 3.05) is 0 Å². The molecule has 0 saturated heterocycles. The Morgan fingerprint density at radius 1 is 0.964 bits per heavy atom.